The molecule has 0 amide bonds. The van der Waals surface area contributed by atoms with Crippen LogP contribution in [-0.2, 0) is 0 Å². The molecule has 1 aromatic rings. The van der Waals surface area contributed by atoms with Crippen LogP contribution in [0, 0.1) is 17.0 Å². The highest BCUT2D eigenvalue weighted by Gasteiger charge is 2.19. The highest BCUT2D eigenvalue weighted by molar-refractivity contribution is 5.42. The fourth-order valence-corrected chi connectivity index (χ4v) is 1.76. The number of hydrogen-bond acceptors (Lipinski definition) is 4. The molecule has 0 aromatic heterocycles. The molecule has 0 spiro atoms. The van der Waals surface area contributed by atoms with E-state index in [1.807, 2.05) is 6.92 Å². The minimum Gasteiger partial charge on any atom is -0.493 e. The van der Waals surface area contributed by atoms with Crippen molar-refractivity contribution in [2.45, 2.75) is 32.2 Å². The summed E-state index contributed by atoms with van der Waals surface area (Å²) < 4.78 is 5.61. The van der Waals surface area contributed by atoms with Gasteiger partial charge in [-0.2, -0.15) is 0 Å². The van der Waals surface area contributed by atoms with Crippen LogP contribution >= 0.6 is 0 Å². The average Bonchev–Trinajstić information content (AvgIpc) is 3.14. The fraction of sp³-hybridized carbons (Fsp3) is 0.538. The molecule has 1 aliphatic rings. The zero-order chi connectivity index (χ0) is 13.0. The van der Waals surface area contributed by atoms with E-state index in [9.17, 15) is 10.1 Å². The molecule has 5 nitrogen and oxygen atoms in total. The number of ether oxygens (including phenoxy) is 1. The minimum atomic E-state index is -0.393. The first-order valence-corrected chi connectivity index (χ1v) is 6.28. The molecule has 0 atom stereocenters. The van der Waals surface area contributed by atoms with E-state index in [1.54, 1.807) is 6.07 Å². The quantitative estimate of drug-likeness (QED) is 0.458. The SMILES string of the molecule is Cc1cc([N+](=O)[O-])ccc1OCCCNC1CC1. The van der Waals surface area contributed by atoms with E-state index in [-0.39, 0.29) is 5.69 Å². The van der Waals surface area contributed by atoms with Crippen molar-refractivity contribution >= 4 is 5.69 Å². The molecule has 18 heavy (non-hydrogen) atoms. The molecule has 5 heteroatoms. The number of nitro benzene ring substituents is 1. The molecule has 98 valence electrons. The molecule has 0 radical (unpaired) electrons. The first-order valence-electron chi connectivity index (χ1n) is 6.28. The van der Waals surface area contributed by atoms with Crippen LogP contribution in [0.2, 0.25) is 0 Å². The summed E-state index contributed by atoms with van der Waals surface area (Å²) in [7, 11) is 0. The molecule has 0 saturated heterocycles. The van der Waals surface area contributed by atoms with Crippen molar-refractivity contribution in [3.05, 3.63) is 33.9 Å². The number of non-ortho nitro benzene ring substituents is 1. The Labute approximate surface area is 106 Å². The van der Waals surface area contributed by atoms with Crippen molar-refractivity contribution in [2.75, 3.05) is 13.2 Å². The molecular weight excluding hydrogens is 232 g/mol. The third-order valence-electron chi connectivity index (χ3n) is 2.96. The zero-order valence-electron chi connectivity index (χ0n) is 10.5. The van der Waals surface area contributed by atoms with E-state index in [4.69, 9.17) is 4.74 Å². The van der Waals surface area contributed by atoms with E-state index in [2.05, 4.69) is 5.32 Å². The fourth-order valence-electron chi connectivity index (χ4n) is 1.76. The highest BCUT2D eigenvalue weighted by Crippen LogP contribution is 2.23. The van der Waals surface area contributed by atoms with Crippen LogP contribution in [0.3, 0.4) is 0 Å². The van der Waals surface area contributed by atoms with Crippen molar-refractivity contribution in [3.8, 4) is 5.75 Å². The lowest BCUT2D eigenvalue weighted by Gasteiger charge is -2.09. The van der Waals surface area contributed by atoms with Crippen molar-refractivity contribution in [2.24, 2.45) is 0 Å². The lowest BCUT2D eigenvalue weighted by atomic mass is 10.2. The summed E-state index contributed by atoms with van der Waals surface area (Å²) in [5.74, 6) is 0.729. The van der Waals surface area contributed by atoms with E-state index in [1.165, 1.54) is 25.0 Å². The van der Waals surface area contributed by atoms with E-state index in [0.29, 0.717) is 6.61 Å². The minimum absolute atomic E-state index is 0.107. The molecule has 0 unspecified atom stereocenters. The van der Waals surface area contributed by atoms with Gasteiger partial charge < -0.3 is 10.1 Å². The number of nitro groups is 1. The molecule has 1 fully saturated rings. The van der Waals surface area contributed by atoms with Gasteiger partial charge in [0.15, 0.2) is 0 Å². The van der Waals surface area contributed by atoms with Gasteiger partial charge in [-0.25, -0.2) is 0 Å². The summed E-state index contributed by atoms with van der Waals surface area (Å²) in [6, 6.07) is 5.41. The second-order valence-electron chi connectivity index (χ2n) is 4.64. The number of aryl methyl sites for hydroxylation is 1. The Balaban J connectivity index is 1.75. The lowest BCUT2D eigenvalue weighted by molar-refractivity contribution is -0.384. The average molecular weight is 250 g/mol. The van der Waals surface area contributed by atoms with Gasteiger partial charge in [-0.3, -0.25) is 10.1 Å². The number of nitrogens with zero attached hydrogens (tertiary/aromatic N) is 1. The maximum atomic E-state index is 10.6. The van der Waals surface area contributed by atoms with Crippen molar-refractivity contribution in [1.82, 2.24) is 5.32 Å². The summed E-state index contributed by atoms with van der Waals surface area (Å²) >= 11 is 0. The molecule has 1 aromatic carbocycles. The Morgan fingerprint density at radius 3 is 2.89 bits per heavy atom. The Bertz CT molecular complexity index is 430. The normalized spacial score (nSPS) is 14.5. The van der Waals surface area contributed by atoms with Crippen LogP contribution in [-0.4, -0.2) is 24.1 Å². The van der Waals surface area contributed by atoms with E-state index >= 15 is 0 Å². The summed E-state index contributed by atoms with van der Waals surface area (Å²) in [6.07, 6.45) is 3.54. The van der Waals surface area contributed by atoms with Crippen LogP contribution in [0.4, 0.5) is 5.69 Å². The third kappa shape index (κ3) is 3.70. The van der Waals surface area contributed by atoms with Gasteiger partial charge in [0, 0.05) is 18.2 Å². The Hall–Kier alpha value is -1.62. The smallest absolute Gasteiger partial charge is 0.269 e. The van der Waals surface area contributed by atoms with Crippen LogP contribution < -0.4 is 10.1 Å². The third-order valence-corrected chi connectivity index (χ3v) is 2.96. The van der Waals surface area contributed by atoms with Crippen molar-refractivity contribution in [3.63, 3.8) is 0 Å². The molecule has 0 heterocycles. The molecule has 1 aliphatic carbocycles. The summed E-state index contributed by atoms with van der Waals surface area (Å²) in [5.41, 5.74) is 0.912. The van der Waals surface area contributed by atoms with E-state index in [0.717, 1.165) is 30.3 Å². The van der Waals surface area contributed by atoms with Gasteiger partial charge in [-0.05, 0) is 44.4 Å². The van der Waals surface area contributed by atoms with Crippen molar-refractivity contribution < 1.29 is 9.66 Å². The molecule has 0 aliphatic heterocycles. The van der Waals surface area contributed by atoms with Crippen LogP contribution in [0.1, 0.15) is 24.8 Å². The summed E-state index contributed by atoms with van der Waals surface area (Å²) in [5, 5.41) is 14.0. The zero-order valence-corrected chi connectivity index (χ0v) is 10.5. The van der Waals surface area contributed by atoms with Crippen LogP contribution in [0.25, 0.3) is 0 Å². The predicted molar refractivity (Wildman–Crippen MR) is 69.0 cm³/mol. The number of nitrogens with one attached hydrogen (secondary N) is 1. The first kappa shape index (κ1) is 12.8. The molecule has 1 N–H and O–H groups in total. The second-order valence-corrected chi connectivity index (χ2v) is 4.64. The molecular formula is C13H18N2O3. The summed E-state index contributed by atoms with van der Waals surface area (Å²) in [6.45, 7) is 3.43. The van der Waals surface area contributed by atoms with Gasteiger partial charge in [-0.15, -0.1) is 0 Å². The summed E-state index contributed by atoms with van der Waals surface area (Å²) in [4.78, 5) is 10.2. The molecule has 2 rings (SSSR count). The Kier molecular flexibility index (Phi) is 4.15. The predicted octanol–water partition coefficient (Wildman–Crippen LogP) is 2.42. The van der Waals surface area contributed by atoms with Crippen LogP contribution in [0.5, 0.6) is 5.75 Å². The largest absolute Gasteiger partial charge is 0.493 e. The van der Waals surface area contributed by atoms with Crippen LogP contribution in [0.15, 0.2) is 18.2 Å². The molecule has 1 saturated carbocycles. The van der Waals surface area contributed by atoms with Gasteiger partial charge in [0.05, 0.1) is 11.5 Å². The topological polar surface area (TPSA) is 64.4 Å². The van der Waals surface area contributed by atoms with Gasteiger partial charge in [0.1, 0.15) is 5.75 Å². The highest BCUT2D eigenvalue weighted by atomic mass is 16.6. The Morgan fingerprint density at radius 2 is 2.28 bits per heavy atom. The number of hydrogen-bond donors (Lipinski definition) is 1. The molecule has 0 bridgehead atoms. The van der Waals surface area contributed by atoms with Gasteiger partial charge in [-0.1, -0.05) is 0 Å². The van der Waals surface area contributed by atoms with E-state index < -0.39 is 4.92 Å². The number of benzene rings is 1. The van der Waals surface area contributed by atoms with Gasteiger partial charge >= 0.3 is 0 Å². The maximum Gasteiger partial charge on any atom is 0.269 e. The van der Waals surface area contributed by atoms with Crippen molar-refractivity contribution in [1.29, 1.82) is 0 Å². The maximum absolute atomic E-state index is 10.6. The standard InChI is InChI=1S/C13H18N2O3/c1-10-9-12(15(16)17)5-6-13(10)18-8-2-7-14-11-3-4-11/h5-6,9,11,14H,2-4,7-8H2,1H3. The monoisotopic (exact) mass is 250 g/mol. The van der Waals surface area contributed by atoms with Gasteiger partial charge in [0.25, 0.3) is 5.69 Å². The lowest BCUT2D eigenvalue weighted by Crippen LogP contribution is -2.19. The van der Waals surface area contributed by atoms with Gasteiger partial charge in [0.2, 0.25) is 0 Å². The first-order chi connectivity index (χ1) is 8.66. The second kappa shape index (κ2) is 5.82. The Morgan fingerprint density at radius 1 is 1.50 bits per heavy atom. The number of rotatable bonds is 7.